The van der Waals surface area contributed by atoms with E-state index < -0.39 is 42.9 Å². The molecule has 5 atom stereocenters. The van der Waals surface area contributed by atoms with Crippen molar-refractivity contribution >= 4 is 21.9 Å². The molecule has 0 unspecified atom stereocenters. The van der Waals surface area contributed by atoms with Crippen LogP contribution >= 0.6 is 0 Å². The van der Waals surface area contributed by atoms with Gasteiger partial charge < -0.3 is 43.8 Å². The first-order chi connectivity index (χ1) is 12.9. The molecule has 3 aromatic rings. The number of aromatic hydroxyl groups is 1. The number of aliphatic hydroxyl groups is 4. The van der Waals surface area contributed by atoms with E-state index in [1.807, 2.05) is 0 Å². The minimum absolute atomic E-state index is 0.0197. The molecule has 4 rings (SSSR count). The highest BCUT2D eigenvalue weighted by atomic mass is 16.7. The third-order valence-electron chi connectivity index (χ3n) is 4.50. The van der Waals surface area contributed by atoms with Gasteiger partial charge in [0.25, 0.3) is 0 Å². The van der Waals surface area contributed by atoms with E-state index in [9.17, 15) is 30.3 Å². The van der Waals surface area contributed by atoms with Crippen LogP contribution in [0.1, 0.15) is 0 Å². The summed E-state index contributed by atoms with van der Waals surface area (Å²) in [5.41, 5.74) is -0.850. The van der Waals surface area contributed by atoms with Crippen molar-refractivity contribution in [3.8, 4) is 11.5 Å². The molecule has 5 N–H and O–H groups in total. The summed E-state index contributed by atoms with van der Waals surface area (Å²) in [6.07, 6.45) is -6.30. The molecular weight excluding hydrogens is 364 g/mol. The van der Waals surface area contributed by atoms with Crippen molar-refractivity contribution in [1.82, 2.24) is 0 Å². The summed E-state index contributed by atoms with van der Waals surface area (Å²) in [5, 5.41) is 50.0. The molecule has 0 amide bonds. The highest BCUT2D eigenvalue weighted by Gasteiger charge is 2.45. The fourth-order valence-electron chi connectivity index (χ4n) is 3.08. The number of hydrogen-bond acceptors (Lipinski definition) is 10. The van der Waals surface area contributed by atoms with E-state index in [0.717, 1.165) is 6.07 Å². The van der Waals surface area contributed by atoms with Crippen LogP contribution in [0.3, 0.4) is 0 Å². The third-order valence-corrected chi connectivity index (χ3v) is 4.50. The molecule has 2 aromatic heterocycles. The molecule has 1 fully saturated rings. The van der Waals surface area contributed by atoms with Gasteiger partial charge in [0, 0.05) is 6.07 Å². The SMILES string of the molecule is O=c1ccc2c(O)c3ccoc3c(O[C@@H]3O[C@@H](CO)[C@H](O)[C@H](O)[C@@H]3O)c2o1. The molecule has 27 heavy (non-hydrogen) atoms. The van der Waals surface area contributed by atoms with Gasteiger partial charge in [-0.15, -0.1) is 0 Å². The van der Waals surface area contributed by atoms with Gasteiger partial charge in [0.2, 0.25) is 12.0 Å². The lowest BCUT2D eigenvalue weighted by atomic mass is 9.99. The normalized spacial score (nSPS) is 28.7. The van der Waals surface area contributed by atoms with Crippen LogP contribution in [0.25, 0.3) is 21.9 Å². The summed E-state index contributed by atoms with van der Waals surface area (Å²) in [5.74, 6) is -0.344. The molecule has 1 aliphatic heterocycles. The standard InChI is InChI=1S/C17H16O10/c18-5-8-11(21)12(22)13(23)17(25-8)27-16-14-7(3-4-24-14)10(20)6-1-2-9(19)26-15(6)16/h1-4,8,11-13,17-18,20-23H,5H2/t8-,11-,12-,13-,17-/m0/s1. The predicted molar refractivity (Wildman–Crippen MR) is 88.3 cm³/mol. The van der Waals surface area contributed by atoms with E-state index in [4.69, 9.17) is 18.3 Å². The Balaban J connectivity index is 1.85. The van der Waals surface area contributed by atoms with Gasteiger partial charge >= 0.3 is 5.63 Å². The van der Waals surface area contributed by atoms with Gasteiger partial charge in [-0.3, -0.25) is 0 Å². The zero-order chi connectivity index (χ0) is 19.3. The van der Waals surface area contributed by atoms with Gasteiger partial charge in [0.15, 0.2) is 11.2 Å². The quantitative estimate of drug-likeness (QED) is 0.372. The van der Waals surface area contributed by atoms with Crippen LogP contribution in [-0.2, 0) is 4.74 Å². The van der Waals surface area contributed by atoms with Gasteiger partial charge in [-0.1, -0.05) is 0 Å². The highest BCUT2D eigenvalue weighted by Crippen LogP contribution is 2.43. The molecule has 0 aliphatic carbocycles. The van der Waals surface area contributed by atoms with Crippen LogP contribution in [0.5, 0.6) is 11.5 Å². The molecule has 0 spiro atoms. The molecule has 3 heterocycles. The van der Waals surface area contributed by atoms with Crippen LogP contribution in [0.4, 0.5) is 0 Å². The highest BCUT2D eigenvalue weighted by molar-refractivity contribution is 6.06. The molecular formula is C17H16O10. The van der Waals surface area contributed by atoms with E-state index >= 15 is 0 Å². The second kappa shape index (κ2) is 6.51. The Morgan fingerprint density at radius 3 is 2.48 bits per heavy atom. The number of phenols is 1. The lowest BCUT2D eigenvalue weighted by Gasteiger charge is -2.39. The summed E-state index contributed by atoms with van der Waals surface area (Å²) >= 11 is 0. The lowest BCUT2D eigenvalue weighted by molar-refractivity contribution is -0.277. The van der Waals surface area contributed by atoms with Gasteiger partial charge in [0.1, 0.15) is 30.2 Å². The number of aliphatic hydroxyl groups excluding tert-OH is 4. The molecule has 0 bridgehead atoms. The van der Waals surface area contributed by atoms with Crippen molar-refractivity contribution in [2.45, 2.75) is 30.7 Å². The fourth-order valence-corrected chi connectivity index (χ4v) is 3.08. The van der Waals surface area contributed by atoms with Gasteiger partial charge in [0.05, 0.1) is 23.6 Å². The van der Waals surface area contributed by atoms with Crippen LogP contribution in [0.15, 0.2) is 38.1 Å². The zero-order valence-electron chi connectivity index (χ0n) is 13.7. The Bertz CT molecular complexity index is 1040. The predicted octanol–water partition coefficient (Wildman–Crippen LogP) is -0.577. The number of hydrogen-bond donors (Lipinski definition) is 5. The number of phenolic OH excluding ortho intramolecular Hbond substituents is 1. The summed E-state index contributed by atoms with van der Waals surface area (Å²) in [6, 6.07) is 3.92. The number of benzene rings is 1. The molecule has 10 nitrogen and oxygen atoms in total. The number of ether oxygens (including phenoxy) is 2. The second-order valence-electron chi connectivity index (χ2n) is 6.15. The summed E-state index contributed by atoms with van der Waals surface area (Å²) in [7, 11) is 0. The van der Waals surface area contributed by atoms with Gasteiger partial charge in [-0.2, -0.15) is 0 Å². The van der Waals surface area contributed by atoms with E-state index in [1.165, 1.54) is 18.4 Å². The monoisotopic (exact) mass is 380 g/mol. The first-order valence-electron chi connectivity index (χ1n) is 8.05. The maximum Gasteiger partial charge on any atom is 0.336 e. The van der Waals surface area contributed by atoms with Crippen molar-refractivity contribution in [3.63, 3.8) is 0 Å². The number of rotatable bonds is 3. The Labute approximate surface area is 150 Å². The third kappa shape index (κ3) is 2.74. The number of furan rings is 1. The first kappa shape index (κ1) is 17.8. The largest absolute Gasteiger partial charge is 0.506 e. The van der Waals surface area contributed by atoms with E-state index in [0.29, 0.717) is 0 Å². The minimum Gasteiger partial charge on any atom is -0.506 e. The molecule has 0 radical (unpaired) electrons. The average molecular weight is 380 g/mol. The van der Waals surface area contributed by atoms with Crippen molar-refractivity contribution < 1.29 is 43.8 Å². The summed E-state index contributed by atoms with van der Waals surface area (Å²) in [6.45, 7) is -0.633. The topological polar surface area (TPSA) is 163 Å². The van der Waals surface area contributed by atoms with Crippen LogP contribution < -0.4 is 10.4 Å². The van der Waals surface area contributed by atoms with Crippen molar-refractivity contribution in [2.75, 3.05) is 6.61 Å². The molecule has 10 heteroatoms. The Morgan fingerprint density at radius 1 is 1.00 bits per heavy atom. The molecule has 144 valence electrons. The lowest BCUT2D eigenvalue weighted by Crippen LogP contribution is -2.60. The average Bonchev–Trinajstić information content (AvgIpc) is 3.15. The van der Waals surface area contributed by atoms with Crippen molar-refractivity contribution in [1.29, 1.82) is 0 Å². The van der Waals surface area contributed by atoms with E-state index in [1.54, 1.807) is 0 Å². The van der Waals surface area contributed by atoms with Crippen LogP contribution in [0, 0.1) is 0 Å². The van der Waals surface area contributed by atoms with Gasteiger partial charge in [-0.05, 0) is 12.1 Å². The smallest absolute Gasteiger partial charge is 0.336 e. The maximum atomic E-state index is 11.7. The molecule has 1 saturated heterocycles. The first-order valence-corrected chi connectivity index (χ1v) is 8.05. The zero-order valence-corrected chi connectivity index (χ0v) is 13.7. The summed E-state index contributed by atoms with van der Waals surface area (Å²) < 4.78 is 21.4. The molecule has 1 aliphatic rings. The Hall–Kier alpha value is -2.63. The Morgan fingerprint density at radius 2 is 1.74 bits per heavy atom. The van der Waals surface area contributed by atoms with Crippen molar-refractivity contribution in [2.24, 2.45) is 0 Å². The molecule has 1 aromatic carbocycles. The maximum absolute atomic E-state index is 11.7. The van der Waals surface area contributed by atoms with Crippen molar-refractivity contribution in [3.05, 3.63) is 34.9 Å². The summed E-state index contributed by atoms with van der Waals surface area (Å²) in [4.78, 5) is 11.7. The fraction of sp³-hybridized carbons (Fsp3) is 0.353. The number of fused-ring (bicyclic) bond motifs is 2. The Kier molecular flexibility index (Phi) is 4.29. The van der Waals surface area contributed by atoms with E-state index in [2.05, 4.69) is 0 Å². The minimum atomic E-state index is -1.67. The molecule has 0 saturated carbocycles. The second-order valence-corrected chi connectivity index (χ2v) is 6.15. The van der Waals surface area contributed by atoms with Gasteiger partial charge in [-0.25, -0.2) is 4.79 Å². The van der Waals surface area contributed by atoms with E-state index in [-0.39, 0.29) is 33.4 Å². The van der Waals surface area contributed by atoms with Crippen LogP contribution in [-0.4, -0.2) is 62.8 Å². The van der Waals surface area contributed by atoms with Crippen LogP contribution in [0.2, 0.25) is 0 Å².